The quantitative estimate of drug-likeness (QED) is 0.0207. The molecule has 0 radical (unpaired) electrons. The summed E-state index contributed by atoms with van der Waals surface area (Å²) in [5.41, 5.74) is 16.0. The van der Waals surface area contributed by atoms with Crippen LogP contribution >= 0.6 is 27.9 Å². The van der Waals surface area contributed by atoms with Crippen LogP contribution in [0.1, 0.15) is 69.6 Å². The molecule has 4 amide bonds. The molecule has 5 heterocycles. The third-order valence-corrected chi connectivity index (χ3v) is 15.2. The normalized spacial score (nSPS) is 14.1. The standard InChI is InChI=1S/C37H50BrFN10O2S.C18H21N7O2/c1-46(17-6-11-33(50)49-21-3-2-4-22-49)18-8-20-48-25-23-47(24-26-48)19-7-16-42-52-29-14-12-28(13-15-29)43-37-41-27-30(38)36(45-37)44-32-10-5-9-31(39)34(32)35(40)51;1-9-10(2)12(6-5-11(9)7-13(26)25(3)4)22-18(27)15-14-16(19)20-8-21-17(14)24-23-15/h5-6,9-15,27,42H,2-4,7-8,16-26H2,1H3,(H2,40,51)(H2,41,43,44,45);5-6,8H,7H2,1-4H3,(H,22,27)(H3,19,20,21,23,24)/b11-6+;. The van der Waals surface area contributed by atoms with Gasteiger partial charge < -0.3 is 51.9 Å². The number of primary amides is 1. The van der Waals surface area contributed by atoms with Gasteiger partial charge in [0.15, 0.2) is 5.65 Å². The first-order valence-electron chi connectivity index (χ1n) is 26.3. The predicted octanol–water partition coefficient (Wildman–Crippen LogP) is 6.89. The highest BCUT2D eigenvalue weighted by atomic mass is 79.9. The summed E-state index contributed by atoms with van der Waals surface area (Å²) >= 11 is 5.01. The largest absolute Gasteiger partial charge is 0.383 e. The van der Waals surface area contributed by atoms with Crippen molar-refractivity contribution >= 4 is 97.2 Å². The van der Waals surface area contributed by atoms with Crippen LogP contribution in [0, 0.1) is 19.7 Å². The van der Waals surface area contributed by atoms with Crippen LogP contribution in [0.15, 0.2) is 88.6 Å². The molecule has 0 saturated carbocycles. The molecule has 6 aromatic rings. The van der Waals surface area contributed by atoms with Crippen molar-refractivity contribution < 1.29 is 23.6 Å². The molecule has 0 bridgehead atoms. The molecule has 0 unspecified atom stereocenters. The molecular formula is C55H71BrFN17O4S. The summed E-state index contributed by atoms with van der Waals surface area (Å²) in [5.74, 6) is -0.925. The number of amides is 4. The van der Waals surface area contributed by atoms with Crippen LogP contribution < -0.4 is 32.1 Å². The van der Waals surface area contributed by atoms with Crippen LogP contribution in [-0.2, 0) is 16.0 Å². The molecule has 3 aromatic carbocycles. The van der Waals surface area contributed by atoms with Crippen LogP contribution in [0.5, 0.6) is 0 Å². The van der Waals surface area contributed by atoms with Gasteiger partial charge in [-0.25, -0.2) is 19.3 Å². The fourth-order valence-electron chi connectivity index (χ4n) is 8.96. The molecule has 21 nitrogen and oxygen atoms in total. The average Bonchev–Trinajstić information content (AvgIpc) is 3.94. The van der Waals surface area contributed by atoms with Crippen LogP contribution in [0.3, 0.4) is 0 Å². The Morgan fingerprint density at radius 2 is 1.58 bits per heavy atom. The molecular weight excluding hydrogens is 1090 g/mol. The number of carbonyl (C=O) groups is 4. The Bertz CT molecular complexity index is 3080. The maximum absolute atomic E-state index is 14.2. The molecule has 8 rings (SSSR count). The smallest absolute Gasteiger partial charge is 0.274 e. The van der Waals surface area contributed by atoms with Gasteiger partial charge in [0.1, 0.15) is 29.5 Å². The average molecular weight is 1170 g/mol. The lowest BCUT2D eigenvalue weighted by atomic mass is 9.98. The topological polar surface area (TPSA) is 265 Å². The fraction of sp³-hybridized carbons (Fsp3) is 0.400. The van der Waals surface area contributed by atoms with Crippen molar-refractivity contribution in [1.29, 1.82) is 0 Å². The second kappa shape index (κ2) is 29.2. The Morgan fingerprint density at radius 1 is 0.861 bits per heavy atom. The van der Waals surface area contributed by atoms with E-state index in [2.05, 4.69) is 88.5 Å². The number of hydrogen-bond acceptors (Lipinski definition) is 17. The molecule has 2 aliphatic rings. The van der Waals surface area contributed by atoms with Gasteiger partial charge in [-0.15, -0.1) is 0 Å². The number of H-pyrrole nitrogens is 1. The number of piperidine rings is 1. The highest BCUT2D eigenvalue weighted by Crippen LogP contribution is 2.29. The second-order valence-corrected chi connectivity index (χ2v) is 21.4. The molecule has 3 aromatic heterocycles. The second-order valence-electron chi connectivity index (χ2n) is 19.6. The number of piperazine rings is 1. The maximum atomic E-state index is 14.2. The van der Waals surface area contributed by atoms with Gasteiger partial charge in [-0.1, -0.05) is 18.2 Å². The van der Waals surface area contributed by atoms with E-state index in [1.807, 2.05) is 55.2 Å². The monoisotopic (exact) mass is 1160 g/mol. The number of halogens is 2. The Kier molecular flexibility index (Phi) is 22.0. The van der Waals surface area contributed by atoms with E-state index in [0.717, 1.165) is 125 Å². The molecule has 2 fully saturated rings. The van der Waals surface area contributed by atoms with Gasteiger partial charge in [0, 0.05) is 95.0 Å². The number of hydrogen-bond donors (Lipinski definition) is 7. The van der Waals surface area contributed by atoms with Crippen molar-refractivity contribution in [3.63, 3.8) is 0 Å². The van der Waals surface area contributed by atoms with Crippen LogP contribution in [0.2, 0.25) is 0 Å². The van der Waals surface area contributed by atoms with Crippen molar-refractivity contribution in [2.24, 2.45) is 5.73 Å². The molecule has 0 spiro atoms. The van der Waals surface area contributed by atoms with Crippen molar-refractivity contribution in [3.8, 4) is 0 Å². The number of carbonyl (C=O) groups excluding carboxylic acids is 4. The Labute approximate surface area is 473 Å². The Balaban J connectivity index is 0.000000280. The lowest BCUT2D eigenvalue weighted by Gasteiger charge is -2.35. The summed E-state index contributed by atoms with van der Waals surface area (Å²) in [5, 5.41) is 16.1. The van der Waals surface area contributed by atoms with Crippen molar-refractivity contribution in [3.05, 3.63) is 118 Å². The number of likely N-dealkylation sites (tertiary alicyclic amines) is 1. The minimum absolute atomic E-state index is 0.0219. The van der Waals surface area contributed by atoms with Gasteiger partial charge in [-0.2, -0.15) is 10.1 Å². The summed E-state index contributed by atoms with van der Waals surface area (Å²) in [6.45, 7) is 15.0. The zero-order valence-corrected chi connectivity index (χ0v) is 47.9. The number of nitrogen functional groups attached to an aromatic ring is 1. The third-order valence-electron chi connectivity index (χ3n) is 13.7. The number of nitrogens with one attached hydrogen (secondary N) is 5. The first-order valence-corrected chi connectivity index (χ1v) is 27.9. The number of nitrogens with zero attached hydrogens (tertiary/aromatic N) is 10. The first kappa shape index (κ1) is 59.6. The summed E-state index contributed by atoms with van der Waals surface area (Å²) in [6, 6.07) is 15.8. The van der Waals surface area contributed by atoms with Crippen LogP contribution in [0.4, 0.5) is 39.0 Å². The number of benzene rings is 3. The van der Waals surface area contributed by atoms with Crippen molar-refractivity contribution in [2.45, 2.75) is 57.3 Å². The first-order chi connectivity index (χ1) is 38.0. The molecule has 24 heteroatoms. The Morgan fingerprint density at radius 3 is 2.29 bits per heavy atom. The summed E-state index contributed by atoms with van der Waals surface area (Å²) in [6.07, 6.45) is 12.7. The number of anilines is 6. The molecule has 79 heavy (non-hydrogen) atoms. The highest BCUT2D eigenvalue weighted by Gasteiger charge is 2.21. The van der Waals surface area contributed by atoms with Gasteiger partial charge in [-0.05, 0) is 160 Å². The lowest BCUT2D eigenvalue weighted by molar-refractivity contribution is -0.128. The van der Waals surface area contributed by atoms with E-state index >= 15 is 0 Å². The molecule has 420 valence electrons. The van der Waals surface area contributed by atoms with E-state index in [9.17, 15) is 23.6 Å². The lowest BCUT2D eigenvalue weighted by Crippen LogP contribution is -2.47. The van der Waals surface area contributed by atoms with Gasteiger partial charge >= 0.3 is 0 Å². The fourth-order valence-corrected chi connectivity index (χ4v) is 9.94. The maximum Gasteiger partial charge on any atom is 0.274 e. The number of rotatable bonds is 22. The minimum atomic E-state index is -0.874. The summed E-state index contributed by atoms with van der Waals surface area (Å²) in [7, 11) is 5.58. The van der Waals surface area contributed by atoms with E-state index in [4.69, 9.17) is 11.5 Å². The van der Waals surface area contributed by atoms with E-state index in [1.165, 1.54) is 24.9 Å². The van der Waals surface area contributed by atoms with Crippen molar-refractivity contribution in [1.82, 2.24) is 59.4 Å². The van der Waals surface area contributed by atoms with Gasteiger partial charge in [0.25, 0.3) is 11.8 Å². The molecule has 0 aliphatic carbocycles. The number of likely N-dealkylation sites (N-methyl/N-ethyl adjacent to an activating group) is 2. The van der Waals surface area contributed by atoms with E-state index in [-0.39, 0.29) is 34.6 Å². The van der Waals surface area contributed by atoms with E-state index in [1.54, 1.807) is 55.3 Å². The number of aromatic nitrogens is 6. The SMILES string of the molecule is CN(C/C=C/C(=O)N1CCCCC1)CCCN1CCN(CCCNSc2ccc(Nc3ncc(Br)c(Nc4cccc(F)c4C(N)=O)n3)cc2)CC1.Cc1c(CC(=O)N(C)C)ccc(NC(=O)c2[nH]nc3ncnc(N)c23)c1C. The van der Waals surface area contributed by atoms with Crippen LogP contribution in [-0.4, -0.2) is 171 Å². The zero-order valence-electron chi connectivity index (χ0n) is 45.5. The summed E-state index contributed by atoms with van der Waals surface area (Å²) < 4.78 is 18.2. The van der Waals surface area contributed by atoms with Crippen molar-refractivity contribution in [2.75, 3.05) is 115 Å². The van der Waals surface area contributed by atoms with E-state index < -0.39 is 17.6 Å². The van der Waals surface area contributed by atoms with Crippen LogP contribution in [0.25, 0.3) is 11.0 Å². The minimum Gasteiger partial charge on any atom is -0.383 e. The number of fused-ring (bicyclic) bond motifs is 1. The van der Waals surface area contributed by atoms with Gasteiger partial charge in [-0.3, -0.25) is 29.0 Å². The number of nitrogens with two attached hydrogens (primary N) is 2. The van der Waals surface area contributed by atoms with Gasteiger partial charge in [0.05, 0.1) is 27.5 Å². The van der Waals surface area contributed by atoms with E-state index in [0.29, 0.717) is 39.4 Å². The van der Waals surface area contributed by atoms with Gasteiger partial charge in [0.2, 0.25) is 17.8 Å². The Hall–Kier alpha value is -7.09. The zero-order chi connectivity index (χ0) is 56.4. The highest BCUT2D eigenvalue weighted by molar-refractivity contribution is 9.10. The molecule has 2 saturated heterocycles. The predicted molar refractivity (Wildman–Crippen MR) is 313 cm³/mol. The summed E-state index contributed by atoms with van der Waals surface area (Å²) in [4.78, 5) is 77.5. The number of aromatic amines is 1. The molecule has 2 aliphatic heterocycles. The molecule has 9 N–H and O–H groups in total. The third kappa shape index (κ3) is 17.2. The molecule has 0 atom stereocenters.